The van der Waals surface area contributed by atoms with E-state index in [-0.39, 0.29) is 22.5 Å². The van der Waals surface area contributed by atoms with Gasteiger partial charge in [0.15, 0.2) is 6.10 Å². The van der Waals surface area contributed by atoms with Gasteiger partial charge in [-0.3, -0.25) is 4.79 Å². The van der Waals surface area contributed by atoms with Crippen molar-refractivity contribution < 1.29 is 18.3 Å². The Kier molecular flexibility index (Phi) is 5.72. The number of carbonyl (C=O) groups is 1. The van der Waals surface area contributed by atoms with Crippen LogP contribution in [0.4, 0.5) is 4.39 Å². The molecule has 1 aliphatic rings. The number of carbonyl (C=O) groups excluding carboxylic acids is 1. The van der Waals surface area contributed by atoms with Gasteiger partial charge in [-0.25, -0.2) is 9.18 Å². The summed E-state index contributed by atoms with van der Waals surface area (Å²) in [6, 6.07) is 8.50. The number of ether oxygens (including phenoxy) is 1. The van der Waals surface area contributed by atoms with Crippen LogP contribution in [-0.2, 0) is 4.79 Å². The Labute approximate surface area is 177 Å². The predicted molar refractivity (Wildman–Crippen MR) is 111 cm³/mol. The van der Waals surface area contributed by atoms with Crippen LogP contribution in [0.25, 0.3) is 22.2 Å². The van der Waals surface area contributed by atoms with E-state index in [4.69, 9.17) is 20.8 Å². The van der Waals surface area contributed by atoms with Crippen molar-refractivity contribution in [2.45, 2.75) is 32.3 Å². The van der Waals surface area contributed by atoms with Crippen molar-refractivity contribution in [1.82, 2.24) is 9.88 Å². The first-order chi connectivity index (χ1) is 14.4. The van der Waals surface area contributed by atoms with Gasteiger partial charge >= 0.3 is 5.63 Å². The van der Waals surface area contributed by atoms with E-state index in [9.17, 15) is 14.0 Å². The van der Waals surface area contributed by atoms with Crippen molar-refractivity contribution in [3.05, 3.63) is 57.7 Å². The Morgan fingerprint density at radius 2 is 1.93 bits per heavy atom. The standard InChI is InChI=1S/C22H20ClFN2O4/c1-13(22(28)26-9-3-2-4-10-26)29-19-8-7-16-17(12-20(27)30-21(16)25-19)15-6-5-14(24)11-18(15)23/h5-8,11-13H,2-4,9-10H2,1H3/t13-/m1/s1. The largest absolute Gasteiger partial charge is 0.464 e. The molecule has 156 valence electrons. The van der Waals surface area contributed by atoms with Gasteiger partial charge in [0.1, 0.15) is 5.82 Å². The molecular formula is C22H20ClFN2O4. The molecule has 3 heterocycles. The summed E-state index contributed by atoms with van der Waals surface area (Å²) in [5.74, 6) is -0.395. The van der Waals surface area contributed by atoms with Crippen molar-refractivity contribution in [2.75, 3.05) is 13.1 Å². The third kappa shape index (κ3) is 4.16. The molecule has 6 nitrogen and oxygen atoms in total. The number of amides is 1. The number of hydrogen-bond donors (Lipinski definition) is 0. The average molecular weight is 431 g/mol. The molecule has 0 radical (unpaired) electrons. The maximum atomic E-state index is 13.4. The average Bonchev–Trinajstić information content (AvgIpc) is 2.73. The zero-order chi connectivity index (χ0) is 21.3. The molecule has 3 aromatic rings. The van der Waals surface area contributed by atoms with Crippen molar-refractivity contribution >= 4 is 28.6 Å². The third-order valence-corrected chi connectivity index (χ3v) is 5.43. The van der Waals surface area contributed by atoms with E-state index < -0.39 is 17.5 Å². The Morgan fingerprint density at radius 3 is 2.67 bits per heavy atom. The number of likely N-dealkylation sites (tertiary alicyclic amines) is 1. The summed E-state index contributed by atoms with van der Waals surface area (Å²) < 4.78 is 24.4. The van der Waals surface area contributed by atoms with Crippen molar-refractivity contribution in [3.8, 4) is 17.0 Å². The van der Waals surface area contributed by atoms with Crippen LogP contribution in [0, 0.1) is 5.82 Å². The normalized spacial score (nSPS) is 15.2. The van der Waals surface area contributed by atoms with Crippen molar-refractivity contribution in [1.29, 1.82) is 0 Å². The second-order valence-corrected chi connectivity index (χ2v) is 7.66. The second kappa shape index (κ2) is 8.44. The van der Waals surface area contributed by atoms with E-state index in [0.717, 1.165) is 32.4 Å². The van der Waals surface area contributed by atoms with E-state index in [2.05, 4.69) is 4.98 Å². The minimum atomic E-state index is -0.713. The highest BCUT2D eigenvalue weighted by molar-refractivity contribution is 6.33. The fourth-order valence-electron chi connectivity index (χ4n) is 3.63. The highest BCUT2D eigenvalue weighted by Crippen LogP contribution is 2.33. The van der Waals surface area contributed by atoms with Gasteiger partial charge in [-0.2, -0.15) is 4.98 Å². The number of aromatic nitrogens is 1. The molecular weight excluding hydrogens is 411 g/mol. The molecule has 0 bridgehead atoms. The highest BCUT2D eigenvalue weighted by Gasteiger charge is 2.24. The molecule has 1 saturated heterocycles. The zero-order valence-corrected chi connectivity index (χ0v) is 17.1. The first-order valence-electron chi connectivity index (χ1n) is 9.78. The maximum absolute atomic E-state index is 13.4. The van der Waals surface area contributed by atoms with E-state index >= 15 is 0 Å². The van der Waals surface area contributed by atoms with Crippen molar-refractivity contribution in [3.63, 3.8) is 0 Å². The number of rotatable bonds is 4. The molecule has 0 spiro atoms. The first kappa shape index (κ1) is 20.3. The molecule has 1 aliphatic heterocycles. The van der Waals surface area contributed by atoms with Gasteiger partial charge in [-0.05, 0) is 50.5 Å². The number of halogens is 2. The van der Waals surface area contributed by atoms with Gasteiger partial charge in [0.05, 0.1) is 5.02 Å². The summed E-state index contributed by atoms with van der Waals surface area (Å²) >= 11 is 6.17. The molecule has 1 atom stereocenters. The van der Waals surface area contributed by atoms with Gasteiger partial charge in [-0.15, -0.1) is 0 Å². The number of piperidine rings is 1. The van der Waals surface area contributed by atoms with E-state index in [0.29, 0.717) is 16.5 Å². The zero-order valence-electron chi connectivity index (χ0n) is 16.4. The van der Waals surface area contributed by atoms with Gasteiger partial charge in [0.25, 0.3) is 5.91 Å². The molecule has 1 fully saturated rings. The minimum absolute atomic E-state index is 0.0491. The van der Waals surface area contributed by atoms with E-state index in [1.165, 1.54) is 24.3 Å². The van der Waals surface area contributed by atoms with Crippen LogP contribution in [0.3, 0.4) is 0 Å². The Balaban J connectivity index is 1.64. The minimum Gasteiger partial charge on any atom is -0.464 e. The van der Waals surface area contributed by atoms with E-state index in [1.807, 2.05) is 0 Å². The fraction of sp³-hybridized carbons (Fsp3) is 0.318. The summed E-state index contributed by atoms with van der Waals surface area (Å²) in [5, 5.41) is 0.688. The van der Waals surface area contributed by atoms with Gasteiger partial charge in [0, 0.05) is 41.7 Å². The number of nitrogens with zero attached hydrogens (tertiary/aromatic N) is 2. The Bertz CT molecular complexity index is 1160. The van der Waals surface area contributed by atoms with Gasteiger partial charge in [-0.1, -0.05) is 11.6 Å². The third-order valence-electron chi connectivity index (χ3n) is 5.12. The van der Waals surface area contributed by atoms with E-state index in [1.54, 1.807) is 24.0 Å². The summed E-state index contributed by atoms with van der Waals surface area (Å²) in [7, 11) is 0. The van der Waals surface area contributed by atoms with Crippen molar-refractivity contribution in [2.24, 2.45) is 0 Å². The smallest absolute Gasteiger partial charge is 0.338 e. The lowest BCUT2D eigenvalue weighted by atomic mass is 10.0. The number of hydrogen-bond acceptors (Lipinski definition) is 5. The molecule has 0 unspecified atom stereocenters. The summed E-state index contributed by atoms with van der Waals surface area (Å²) in [5.41, 5.74) is 0.385. The maximum Gasteiger partial charge on any atom is 0.338 e. The lowest BCUT2D eigenvalue weighted by Crippen LogP contribution is -2.43. The second-order valence-electron chi connectivity index (χ2n) is 7.25. The molecule has 30 heavy (non-hydrogen) atoms. The lowest BCUT2D eigenvalue weighted by molar-refractivity contribution is -0.138. The summed E-state index contributed by atoms with van der Waals surface area (Å²) in [6.07, 6.45) is 2.40. The fourth-order valence-corrected chi connectivity index (χ4v) is 3.89. The summed E-state index contributed by atoms with van der Waals surface area (Å²) in [4.78, 5) is 30.7. The monoisotopic (exact) mass is 430 g/mol. The molecule has 8 heteroatoms. The number of fused-ring (bicyclic) bond motifs is 1. The van der Waals surface area contributed by atoms with Crippen LogP contribution in [0.5, 0.6) is 5.88 Å². The van der Waals surface area contributed by atoms with Gasteiger partial charge < -0.3 is 14.1 Å². The Morgan fingerprint density at radius 1 is 1.17 bits per heavy atom. The van der Waals surface area contributed by atoms with Crippen LogP contribution in [0.2, 0.25) is 5.02 Å². The quantitative estimate of drug-likeness (QED) is 0.612. The van der Waals surface area contributed by atoms with Crippen LogP contribution in [0.1, 0.15) is 26.2 Å². The molecule has 2 aromatic heterocycles. The van der Waals surface area contributed by atoms with Crippen LogP contribution in [0.15, 0.2) is 45.6 Å². The number of benzene rings is 1. The molecule has 1 aromatic carbocycles. The topological polar surface area (TPSA) is 72.6 Å². The Hall–Kier alpha value is -2.93. The number of pyridine rings is 1. The SMILES string of the molecule is C[C@@H](Oc1ccc2c(-c3ccc(F)cc3Cl)cc(=O)oc2n1)C(=O)N1CCCCC1. The molecule has 4 rings (SSSR count). The summed E-state index contributed by atoms with van der Waals surface area (Å²) in [6.45, 7) is 3.14. The molecule has 0 N–H and O–H groups in total. The van der Waals surface area contributed by atoms with Gasteiger partial charge in [0.2, 0.25) is 11.6 Å². The van der Waals surface area contributed by atoms with Crippen LogP contribution in [-0.4, -0.2) is 35.0 Å². The van der Waals surface area contributed by atoms with Crippen LogP contribution >= 0.6 is 11.6 Å². The molecule has 0 saturated carbocycles. The lowest BCUT2D eigenvalue weighted by Gasteiger charge is -2.29. The molecule has 1 amide bonds. The van der Waals surface area contributed by atoms with Crippen LogP contribution < -0.4 is 10.4 Å². The first-order valence-corrected chi connectivity index (χ1v) is 10.2. The predicted octanol–water partition coefficient (Wildman–Crippen LogP) is 4.43. The highest BCUT2D eigenvalue weighted by atomic mass is 35.5. The molecule has 0 aliphatic carbocycles.